The Morgan fingerprint density at radius 2 is 2.19 bits per heavy atom. The lowest BCUT2D eigenvalue weighted by atomic mass is 10.1. The summed E-state index contributed by atoms with van der Waals surface area (Å²) in [5.41, 5.74) is 2.97. The van der Waals surface area contributed by atoms with Crippen LogP contribution in [0.1, 0.15) is 5.56 Å². The van der Waals surface area contributed by atoms with Crippen LogP contribution in [0.4, 0.5) is 0 Å². The van der Waals surface area contributed by atoms with Crippen molar-refractivity contribution in [1.82, 2.24) is 20.3 Å². The maximum atomic E-state index is 5.24. The van der Waals surface area contributed by atoms with Gasteiger partial charge in [0.15, 0.2) is 0 Å². The summed E-state index contributed by atoms with van der Waals surface area (Å²) in [6.07, 6.45) is 0.958. The molecular formula is C11H16N4O. The number of benzene rings is 1. The fourth-order valence-corrected chi connectivity index (χ4v) is 1.68. The van der Waals surface area contributed by atoms with Crippen LogP contribution >= 0.6 is 0 Å². The molecule has 0 saturated carbocycles. The Balaban J connectivity index is 2.36. The van der Waals surface area contributed by atoms with Crippen molar-refractivity contribution in [2.75, 3.05) is 27.7 Å². The largest absolute Gasteiger partial charge is 0.494 e. The number of rotatable bonds is 4. The number of H-pyrrole nitrogens is 1. The minimum Gasteiger partial charge on any atom is -0.494 e. The topological polar surface area (TPSA) is 54.0 Å². The third kappa shape index (κ3) is 1.99. The molecule has 0 saturated heterocycles. The molecule has 0 fully saturated rings. The van der Waals surface area contributed by atoms with Crippen LogP contribution in [0.5, 0.6) is 5.75 Å². The average molecular weight is 220 g/mol. The molecule has 5 nitrogen and oxygen atoms in total. The highest BCUT2D eigenvalue weighted by molar-refractivity contribution is 5.83. The van der Waals surface area contributed by atoms with Gasteiger partial charge in [0.05, 0.1) is 7.11 Å². The Kier molecular flexibility index (Phi) is 3.05. The number of likely N-dealkylation sites (N-methyl/N-ethyl adjacent to an activating group) is 1. The van der Waals surface area contributed by atoms with E-state index in [2.05, 4.69) is 34.4 Å². The van der Waals surface area contributed by atoms with E-state index in [0.717, 1.165) is 29.7 Å². The highest BCUT2D eigenvalue weighted by atomic mass is 16.5. The van der Waals surface area contributed by atoms with Crippen LogP contribution in [-0.2, 0) is 6.42 Å². The van der Waals surface area contributed by atoms with Gasteiger partial charge in [0, 0.05) is 6.54 Å². The van der Waals surface area contributed by atoms with Crippen molar-refractivity contribution in [2.45, 2.75) is 6.42 Å². The summed E-state index contributed by atoms with van der Waals surface area (Å²) in [6.45, 7) is 0.994. The summed E-state index contributed by atoms with van der Waals surface area (Å²) in [5.74, 6) is 0.786. The molecule has 0 atom stereocenters. The first-order valence-corrected chi connectivity index (χ1v) is 5.23. The molecule has 0 radical (unpaired) electrons. The maximum absolute atomic E-state index is 5.24. The lowest BCUT2D eigenvalue weighted by Crippen LogP contribution is -2.15. The van der Waals surface area contributed by atoms with E-state index < -0.39 is 0 Å². The minimum absolute atomic E-state index is 0.786. The second-order valence-corrected chi connectivity index (χ2v) is 4.02. The van der Waals surface area contributed by atoms with E-state index in [-0.39, 0.29) is 0 Å². The zero-order valence-corrected chi connectivity index (χ0v) is 9.82. The van der Waals surface area contributed by atoms with Gasteiger partial charge in [-0.15, -0.1) is 5.10 Å². The predicted octanol–water partition coefficient (Wildman–Crippen LogP) is 1.07. The van der Waals surface area contributed by atoms with Crippen LogP contribution in [0.2, 0.25) is 0 Å². The van der Waals surface area contributed by atoms with Gasteiger partial charge in [-0.1, -0.05) is 11.3 Å². The van der Waals surface area contributed by atoms with Gasteiger partial charge < -0.3 is 9.64 Å². The van der Waals surface area contributed by atoms with Crippen LogP contribution in [0.3, 0.4) is 0 Å². The minimum atomic E-state index is 0.786. The van der Waals surface area contributed by atoms with E-state index in [9.17, 15) is 0 Å². The van der Waals surface area contributed by atoms with Crippen molar-refractivity contribution >= 4 is 11.0 Å². The van der Waals surface area contributed by atoms with Crippen molar-refractivity contribution < 1.29 is 4.74 Å². The Morgan fingerprint density at radius 3 is 2.88 bits per heavy atom. The number of hydrogen-bond donors (Lipinski definition) is 1. The first-order valence-electron chi connectivity index (χ1n) is 5.23. The smallest absolute Gasteiger partial charge is 0.146 e. The van der Waals surface area contributed by atoms with E-state index >= 15 is 0 Å². The summed E-state index contributed by atoms with van der Waals surface area (Å²) < 4.78 is 5.24. The fourth-order valence-electron chi connectivity index (χ4n) is 1.68. The molecule has 0 spiro atoms. The lowest BCUT2D eigenvalue weighted by molar-refractivity contribution is 0.412. The van der Waals surface area contributed by atoms with Gasteiger partial charge >= 0.3 is 0 Å². The van der Waals surface area contributed by atoms with Crippen molar-refractivity contribution in [1.29, 1.82) is 0 Å². The Labute approximate surface area is 94.4 Å². The van der Waals surface area contributed by atoms with Crippen LogP contribution in [0, 0.1) is 0 Å². The van der Waals surface area contributed by atoms with Crippen molar-refractivity contribution in [3.8, 4) is 5.75 Å². The van der Waals surface area contributed by atoms with Gasteiger partial charge in [0.2, 0.25) is 0 Å². The van der Waals surface area contributed by atoms with Crippen LogP contribution < -0.4 is 4.74 Å². The van der Waals surface area contributed by atoms with Gasteiger partial charge in [0.25, 0.3) is 0 Å². The van der Waals surface area contributed by atoms with Gasteiger partial charge in [-0.05, 0) is 32.1 Å². The summed E-state index contributed by atoms with van der Waals surface area (Å²) >= 11 is 0. The first kappa shape index (κ1) is 10.9. The van der Waals surface area contributed by atoms with Crippen molar-refractivity contribution in [3.63, 3.8) is 0 Å². The number of aromatic amines is 1. The number of aromatic nitrogens is 3. The SMILES string of the molecule is COc1ccc(CCN(C)C)c2nn[nH]c12. The third-order valence-electron chi connectivity index (χ3n) is 2.58. The lowest BCUT2D eigenvalue weighted by Gasteiger charge is -2.10. The summed E-state index contributed by atoms with van der Waals surface area (Å²) in [4.78, 5) is 2.15. The molecule has 0 amide bonds. The number of nitrogens with zero attached hydrogens (tertiary/aromatic N) is 3. The number of methoxy groups -OCH3 is 1. The Morgan fingerprint density at radius 1 is 1.38 bits per heavy atom. The Hall–Kier alpha value is -1.62. The Bertz CT molecular complexity index is 478. The normalized spacial score (nSPS) is 11.2. The maximum Gasteiger partial charge on any atom is 0.146 e. The molecule has 2 rings (SSSR count). The monoisotopic (exact) mass is 220 g/mol. The number of nitrogens with one attached hydrogen (secondary N) is 1. The van der Waals surface area contributed by atoms with E-state index in [0.29, 0.717) is 0 Å². The van der Waals surface area contributed by atoms with Crippen LogP contribution in [-0.4, -0.2) is 48.1 Å². The van der Waals surface area contributed by atoms with Gasteiger partial charge in [-0.2, -0.15) is 0 Å². The number of hydrogen-bond acceptors (Lipinski definition) is 4. The third-order valence-corrected chi connectivity index (χ3v) is 2.58. The van der Waals surface area contributed by atoms with E-state index in [4.69, 9.17) is 4.74 Å². The van der Waals surface area contributed by atoms with Gasteiger partial charge in [-0.3, -0.25) is 5.10 Å². The highest BCUT2D eigenvalue weighted by Gasteiger charge is 2.09. The second-order valence-electron chi connectivity index (χ2n) is 4.02. The second kappa shape index (κ2) is 4.49. The zero-order chi connectivity index (χ0) is 11.5. The molecular weight excluding hydrogens is 204 g/mol. The van der Waals surface area contributed by atoms with Crippen LogP contribution in [0.15, 0.2) is 12.1 Å². The molecule has 16 heavy (non-hydrogen) atoms. The standard InChI is InChI=1S/C11H16N4O/c1-15(2)7-6-8-4-5-9(16-3)11-10(8)12-14-13-11/h4-5H,6-7H2,1-3H3,(H,12,13,14). The molecule has 0 bridgehead atoms. The molecule has 86 valence electrons. The molecule has 1 aromatic carbocycles. The molecule has 0 aliphatic rings. The summed E-state index contributed by atoms with van der Waals surface area (Å²) in [6, 6.07) is 4.00. The zero-order valence-electron chi connectivity index (χ0n) is 9.82. The summed E-state index contributed by atoms with van der Waals surface area (Å²) in [5, 5.41) is 10.8. The van der Waals surface area contributed by atoms with Crippen LogP contribution in [0.25, 0.3) is 11.0 Å². The average Bonchev–Trinajstić information content (AvgIpc) is 2.74. The molecule has 0 aliphatic heterocycles. The molecule has 5 heteroatoms. The fraction of sp³-hybridized carbons (Fsp3) is 0.455. The molecule has 1 aromatic heterocycles. The van der Waals surface area contributed by atoms with E-state index in [1.54, 1.807) is 7.11 Å². The number of fused-ring (bicyclic) bond motifs is 1. The highest BCUT2D eigenvalue weighted by Crippen LogP contribution is 2.24. The summed E-state index contributed by atoms with van der Waals surface area (Å²) in [7, 11) is 5.77. The van der Waals surface area contributed by atoms with Crippen molar-refractivity contribution in [3.05, 3.63) is 17.7 Å². The van der Waals surface area contributed by atoms with E-state index in [1.165, 1.54) is 5.56 Å². The molecule has 0 aliphatic carbocycles. The molecule has 2 aromatic rings. The molecule has 0 unspecified atom stereocenters. The molecule has 1 heterocycles. The van der Waals surface area contributed by atoms with Crippen molar-refractivity contribution in [2.24, 2.45) is 0 Å². The van der Waals surface area contributed by atoms with Gasteiger partial charge in [-0.25, -0.2) is 0 Å². The predicted molar refractivity (Wildman–Crippen MR) is 62.7 cm³/mol. The first-order chi connectivity index (χ1) is 7.72. The number of ether oxygens (including phenoxy) is 1. The quantitative estimate of drug-likeness (QED) is 0.837. The van der Waals surface area contributed by atoms with Gasteiger partial charge in [0.1, 0.15) is 16.8 Å². The molecule has 1 N–H and O–H groups in total. The van der Waals surface area contributed by atoms with E-state index in [1.807, 2.05) is 12.1 Å².